The van der Waals surface area contributed by atoms with Crippen LogP contribution in [0.2, 0.25) is 0 Å². The Morgan fingerprint density at radius 1 is 1.15 bits per heavy atom. The molecule has 0 amide bonds. The smallest absolute Gasteiger partial charge is 0.147 e. The van der Waals surface area contributed by atoms with Crippen molar-refractivity contribution in [1.29, 1.82) is 0 Å². The Hall–Kier alpha value is -0.940. The predicted octanol–water partition coefficient (Wildman–Crippen LogP) is 1.33. The summed E-state index contributed by atoms with van der Waals surface area (Å²) in [6, 6.07) is 1.49. The van der Waals surface area contributed by atoms with Crippen LogP contribution in [0.15, 0.2) is 0 Å². The van der Waals surface area contributed by atoms with Crippen molar-refractivity contribution < 1.29 is 0 Å². The van der Waals surface area contributed by atoms with Crippen molar-refractivity contribution >= 4 is 0 Å². The van der Waals surface area contributed by atoms with Crippen molar-refractivity contribution in [3.8, 4) is 0 Å². The van der Waals surface area contributed by atoms with E-state index in [0.717, 1.165) is 25.6 Å². The molecule has 0 spiro atoms. The molecule has 1 atom stereocenters. The number of fused-ring (bicyclic) bond motifs is 1. The van der Waals surface area contributed by atoms with Gasteiger partial charge in [0.05, 0.1) is 6.54 Å². The highest BCUT2D eigenvalue weighted by atomic mass is 15.3. The van der Waals surface area contributed by atoms with E-state index >= 15 is 0 Å². The molecule has 1 aromatic rings. The Balaban J connectivity index is 1.45. The zero-order valence-electron chi connectivity index (χ0n) is 12.2. The van der Waals surface area contributed by atoms with Crippen molar-refractivity contribution in [2.45, 2.75) is 70.1 Å². The van der Waals surface area contributed by atoms with Gasteiger partial charge in [0.1, 0.15) is 11.6 Å². The summed E-state index contributed by atoms with van der Waals surface area (Å²) >= 11 is 0. The van der Waals surface area contributed by atoms with Gasteiger partial charge < -0.3 is 9.88 Å². The Morgan fingerprint density at radius 2 is 2.10 bits per heavy atom. The molecule has 0 aromatic carbocycles. The van der Waals surface area contributed by atoms with E-state index in [-0.39, 0.29) is 0 Å². The first-order chi connectivity index (χ1) is 9.90. The fourth-order valence-electron chi connectivity index (χ4n) is 3.65. The van der Waals surface area contributed by atoms with E-state index in [1.165, 1.54) is 63.3 Å². The molecule has 110 valence electrons. The van der Waals surface area contributed by atoms with E-state index in [9.17, 15) is 0 Å². The fraction of sp³-hybridized carbons (Fsp3) is 0.867. The molecule has 0 radical (unpaired) electrons. The Morgan fingerprint density at radius 3 is 2.90 bits per heavy atom. The lowest BCUT2D eigenvalue weighted by molar-refractivity contribution is 0.221. The van der Waals surface area contributed by atoms with Crippen LogP contribution >= 0.6 is 0 Å². The molecule has 0 bridgehead atoms. The van der Waals surface area contributed by atoms with Crippen LogP contribution in [0.5, 0.6) is 0 Å². The van der Waals surface area contributed by atoms with E-state index in [1.54, 1.807) is 0 Å². The molecule has 5 nitrogen and oxygen atoms in total. The van der Waals surface area contributed by atoms with Crippen LogP contribution in [0.3, 0.4) is 0 Å². The Bertz CT molecular complexity index is 459. The molecule has 20 heavy (non-hydrogen) atoms. The van der Waals surface area contributed by atoms with Gasteiger partial charge in [-0.2, -0.15) is 0 Å². The lowest BCUT2D eigenvalue weighted by Crippen LogP contribution is -2.39. The van der Waals surface area contributed by atoms with Gasteiger partial charge in [-0.3, -0.25) is 4.90 Å². The standard InChI is InChI=1S/C15H25N5/c1-2-9-20-14(5-1)17-18-15(20)11-19(13-6-7-13)10-12-4-3-8-16-12/h12-13,16H,1-11H2. The zero-order chi connectivity index (χ0) is 13.4. The fourth-order valence-corrected chi connectivity index (χ4v) is 3.65. The highest BCUT2D eigenvalue weighted by Gasteiger charge is 2.32. The predicted molar refractivity (Wildman–Crippen MR) is 77.4 cm³/mol. The molecule has 4 rings (SSSR count). The maximum absolute atomic E-state index is 4.47. The van der Waals surface area contributed by atoms with Crippen molar-refractivity contribution in [3.05, 3.63) is 11.6 Å². The maximum Gasteiger partial charge on any atom is 0.147 e. The summed E-state index contributed by atoms with van der Waals surface area (Å²) in [5, 5.41) is 12.5. The van der Waals surface area contributed by atoms with Crippen molar-refractivity contribution in [3.63, 3.8) is 0 Å². The number of nitrogens with zero attached hydrogens (tertiary/aromatic N) is 4. The summed E-state index contributed by atoms with van der Waals surface area (Å²) in [5.41, 5.74) is 0. The number of rotatable bonds is 5. The SMILES string of the molecule is C1CCn2c(nnc2CN(CC2CCCN2)C2CC2)C1. The average Bonchev–Trinajstić information content (AvgIpc) is 3.05. The van der Waals surface area contributed by atoms with E-state index in [4.69, 9.17) is 0 Å². The summed E-state index contributed by atoms with van der Waals surface area (Å²) in [6.45, 7) is 4.50. The summed E-state index contributed by atoms with van der Waals surface area (Å²) in [7, 11) is 0. The number of aromatic nitrogens is 3. The van der Waals surface area contributed by atoms with Crippen LogP contribution in [0.25, 0.3) is 0 Å². The maximum atomic E-state index is 4.47. The van der Waals surface area contributed by atoms with Gasteiger partial charge in [0.25, 0.3) is 0 Å². The van der Waals surface area contributed by atoms with Crippen LogP contribution in [0, 0.1) is 0 Å². The molecule has 1 saturated heterocycles. The van der Waals surface area contributed by atoms with Crippen LogP contribution in [0.4, 0.5) is 0 Å². The first-order valence-electron chi connectivity index (χ1n) is 8.28. The second kappa shape index (κ2) is 5.45. The van der Waals surface area contributed by atoms with Crippen molar-refractivity contribution in [2.24, 2.45) is 0 Å². The molecule has 3 heterocycles. The van der Waals surface area contributed by atoms with E-state index < -0.39 is 0 Å². The molecule has 1 aromatic heterocycles. The average molecular weight is 275 g/mol. The lowest BCUT2D eigenvalue weighted by Gasteiger charge is -2.26. The van der Waals surface area contributed by atoms with Gasteiger partial charge in [0.2, 0.25) is 0 Å². The highest BCUT2D eigenvalue weighted by Crippen LogP contribution is 2.29. The number of aryl methyl sites for hydroxylation is 1. The van der Waals surface area contributed by atoms with Gasteiger partial charge in [-0.15, -0.1) is 10.2 Å². The number of hydrogen-bond acceptors (Lipinski definition) is 4. The molecule has 5 heteroatoms. The highest BCUT2D eigenvalue weighted by molar-refractivity contribution is 5.00. The third-order valence-electron chi connectivity index (χ3n) is 4.96. The van der Waals surface area contributed by atoms with Crippen LogP contribution in [0.1, 0.15) is 50.2 Å². The first-order valence-corrected chi connectivity index (χ1v) is 8.28. The third kappa shape index (κ3) is 2.61. The Kier molecular flexibility index (Phi) is 3.48. The third-order valence-corrected chi connectivity index (χ3v) is 4.96. The first kappa shape index (κ1) is 12.8. The van der Waals surface area contributed by atoms with Crippen LogP contribution in [-0.4, -0.2) is 44.8 Å². The molecule has 1 saturated carbocycles. The molecule has 3 aliphatic rings. The van der Waals surface area contributed by atoms with E-state index in [0.29, 0.717) is 6.04 Å². The van der Waals surface area contributed by atoms with Gasteiger partial charge in [0, 0.05) is 31.6 Å². The normalized spacial score (nSPS) is 26.1. The topological polar surface area (TPSA) is 46.0 Å². The minimum atomic E-state index is 0.694. The molecular formula is C15H25N5. The minimum Gasteiger partial charge on any atom is -0.314 e. The van der Waals surface area contributed by atoms with E-state index in [1.807, 2.05) is 0 Å². The largest absolute Gasteiger partial charge is 0.314 e. The minimum absolute atomic E-state index is 0.694. The summed E-state index contributed by atoms with van der Waals surface area (Å²) in [6.07, 6.45) is 9.08. The van der Waals surface area contributed by atoms with Crippen LogP contribution < -0.4 is 5.32 Å². The summed E-state index contributed by atoms with van der Waals surface area (Å²) < 4.78 is 2.38. The summed E-state index contributed by atoms with van der Waals surface area (Å²) in [4.78, 5) is 2.65. The molecular weight excluding hydrogens is 250 g/mol. The number of nitrogens with one attached hydrogen (secondary N) is 1. The van der Waals surface area contributed by atoms with Gasteiger partial charge in [-0.1, -0.05) is 0 Å². The monoisotopic (exact) mass is 275 g/mol. The second-order valence-corrected chi connectivity index (χ2v) is 6.60. The van der Waals surface area contributed by atoms with Gasteiger partial charge in [0.15, 0.2) is 0 Å². The second-order valence-electron chi connectivity index (χ2n) is 6.60. The summed E-state index contributed by atoms with van der Waals surface area (Å²) in [5.74, 6) is 2.41. The van der Waals surface area contributed by atoms with E-state index in [2.05, 4.69) is 25.0 Å². The van der Waals surface area contributed by atoms with Crippen LogP contribution in [-0.2, 0) is 19.5 Å². The molecule has 1 aliphatic carbocycles. The molecule has 2 fully saturated rings. The molecule has 1 N–H and O–H groups in total. The molecule has 1 unspecified atom stereocenters. The number of hydrogen-bond donors (Lipinski definition) is 1. The molecule has 2 aliphatic heterocycles. The van der Waals surface area contributed by atoms with Gasteiger partial charge >= 0.3 is 0 Å². The zero-order valence-corrected chi connectivity index (χ0v) is 12.2. The quantitative estimate of drug-likeness (QED) is 0.880. The van der Waals surface area contributed by atoms with Gasteiger partial charge in [-0.05, 0) is 45.1 Å². The lowest BCUT2D eigenvalue weighted by atomic mass is 10.1. The van der Waals surface area contributed by atoms with Crippen molar-refractivity contribution in [1.82, 2.24) is 25.0 Å². The van der Waals surface area contributed by atoms with Gasteiger partial charge in [-0.25, -0.2) is 0 Å². The Labute approximate surface area is 120 Å². The van der Waals surface area contributed by atoms with Crippen molar-refractivity contribution in [2.75, 3.05) is 13.1 Å².